The summed E-state index contributed by atoms with van der Waals surface area (Å²) in [5.41, 5.74) is -0.498. The molecule has 0 heterocycles. The van der Waals surface area contributed by atoms with Crippen LogP contribution in [-0.4, -0.2) is 22.5 Å². The fourth-order valence-electron chi connectivity index (χ4n) is 3.43. The molecule has 0 saturated carbocycles. The predicted octanol–water partition coefficient (Wildman–Crippen LogP) is 3.60. The normalized spacial score (nSPS) is 11.8. The van der Waals surface area contributed by atoms with Crippen LogP contribution >= 0.6 is 0 Å². The lowest BCUT2D eigenvalue weighted by molar-refractivity contribution is -0.385. The molecule has 0 aliphatic heterocycles. The molecule has 0 radical (unpaired) electrons. The van der Waals surface area contributed by atoms with Gasteiger partial charge in [0.15, 0.2) is 5.78 Å². The largest absolute Gasteiger partial charge is 0.457 e. The molecule has 31 heavy (non-hydrogen) atoms. The number of carbonyl (C=O) groups excluding carboxylic acids is 3. The van der Waals surface area contributed by atoms with Crippen LogP contribution in [0.2, 0.25) is 0 Å². The van der Waals surface area contributed by atoms with Crippen molar-refractivity contribution in [3.63, 3.8) is 0 Å². The van der Waals surface area contributed by atoms with Gasteiger partial charge in [0.1, 0.15) is 17.7 Å². The van der Waals surface area contributed by atoms with Crippen molar-refractivity contribution in [1.82, 2.24) is 0 Å². The number of hydrogen-bond donors (Lipinski definition) is 0. The van der Waals surface area contributed by atoms with Crippen molar-refractivity contribution in [2.24, 2.45) is 0 Å². The number of ether oxygens (including phenoxy) is 1. The predicted molar refractivity (Wildman–Crippen MR) is 107 cm³/mol. The molecular formula is C23H12N2O6. The molecular weight excluding hydrogens is 400 g/mol. The second-order valence-corrected chi connectivity index (χ2v) is 6.73. The highest BCUT2D eigenvalue weighted by Gasteiger charge is 2.38. The third kappa shape index (κ3) is 3.34. The Morgan fingerprint density at radius 1 is 0.935 bits per heavy atom. The lowest BCUT2D eigenvalue weighted by Gasteiger charge is -2.18. The number of esters is 1. The van der Waals surface area contributed by atoms with E-state index in [0.29, 0.717) is 11.1 Å². The minimum absolute atomic E-state index is 0.0474. The number of nitrogens with zero attached hydrogens (tertiary/aromatic N) is 2. The Balaban J connectivity index is 1.72. The Bertz CT molecular complexity index is 1320. The molecule has 0 amide bonds. The lowest BCUT2D eigenvalue weighted by Crippen LogP contribution is -2.23. The molecule has 0 unspecified atom stereocenters. The molecule has 8 nitrogen and oxygen atoms in total. The lowest BCUT2D eigenvalue weighted by atomic mass is 9.82. The number of ketones is 2. The quantitative estimate of drug-likeness (QED) is 0.285. The van der Waals surface area contributed by atoms with Gasteiger partial charge in [0.25, 0.3) is 5.69 Å². The Morgan fingerprint density at radius 3 is 2.19 bits per heavy atom. The van der Waals surface area contributed by atoms with E-state index in [-0.39, 0.29) is 23.3 Å². The molecule has 3 aromatic rings. The standard InChI is InChI=1S/C23H12N2O6/c24-11-13-5-7-14(8-6-13)12-31-23(28)18-10-9-17-19(20(18)25(29)30)22(27)16-4-2-1-3-15(16)21(17)26/h1-10H,12H2. The monoisotopic (exact) mass is 412 g/mol. The zero-order valence-corrected chi connectivity index (χ0v) is 15.8. The molecule has 0 bridgehead atoms. The number of nitro benzene ring substituents is 1. The number of hydrogen-bond acceptors (Lipinski definition) is 7. The first-order valence-corrected chi connectivity index (χ1v) is 9.08. The summed E-state index contributed by atoms with van der Waals surface area (Å²) >= 11 is 0. The third-order valence-electron chi connectivity index (χ3n) is 4.92. The van der Waals surface area contributed by atoms with Gasteiger partial charge in [-0.15, -0.1) is 0 Å². The average molecular weight is 412 g/mol. The Morgan fingerprint density at radius 2 is 1.58 bits per heavy atom. The van der Waals surface area contributed by atoms with E-state index >= 15 is 0 Å². The van der Waals surface area contributed by atoms with Gasteiger partial charge in [0, 0.05) is 16.7 Å². The number of benzene rings is 3. The molecule has 1 aliphatic rings. The maximum Gasteiger partial charge on any atom is 0.345 e. The van der Waals surface area contributed by atoms with Crippen LogP contribution in [0.3, 0.4) is 0 Å². The van der Waals surface area contributed by atoms with E-state index in [0.717, 1.165) is 6.07 Å². The summed E-state index contributed by atoms with van der Waals surface area (Å²) in [7, 11) is 0. The zero-order chi connectivity index (χ0) is 22.1. The van der Waals surface area contributed by atoms with Gasteiger partial charge in [-0.2, -0.15) is 5.26 Å². The van der Waals surface area contributed by atoms with Crippen LogP contribution < -0.4 is 0 Å². The zero-order valence-electron chi connectivity index (χ0n) is 15.8. The fourth-order valence-corrected chi connectivity index (χ4v) is 3.43. The smallest absolute Gasteiger partial charge is 0.345 e. The Hall–Kier alpha value is -4.64. The van der Waals surface area contributed by atoms with Gasteiger partial charge in [-0.05, 0) is 29.8 Å². The molecule has 0 fully saturated rings. The van der Waals surface area contributed by atoms with Crippen LogP contribution in [0.5, 0.6) is 0 Å². The first-order valence-electron chi connectivity index (χ1n) is 9.08. The van der Waals surface area contributed by atoms with Crippen molar-refractivity contribution < 1.29 is 24.0 Å². The molecule has 3 aromatic carbocycles. The van der Waals surface area contributed by atoms with Crippen LogP contribution in [0.1, 0.15) is 53.3 Å². The molecule has 0 saturated heterocycles. The van der Waals surface area contributed by atoms with Crippen LogP contribution in [0, 0.1) is 21.4 Å². The molecule has 4 rings (SSSR count). The second kappa shape index (κ2) is 7.65. The highest BCUT2D eigenvalue weighted by Crippen LogP contribution is 2.35. The molecule has 0 aromatic heterocycles. The second-order valence-electron chi connectivity index (χ2n) is 6.73. The first-order chi connectivity index (χ1) is 14.9. The van der Waals surface area contributed by atoms with E-state index in [1.807, 2.05) is 6.07 Å². The van der Waals surface area contributed by atoms with E-state index in [4.69, 9.17) is 10.00 Å². The van der Waals surface area contributed by atoms with Crippen molar-refractivity contribution in [2.75, 3.05) is 0 Å². The fraction of sp³-hybridized carbons (Fsp3) is 0.0435. The molecule has 0 spiro atoms. The van der Waals surface area contributed by atoms with Gasteiger partial charge in [-0.25, -0.2) is 4.79 Å². The maximum atomic E-state index is 13.0. The molecule has 1 aliphatic carbocycles. The number of nitro groups is 1. The van der Waals surface area contributed by atoms with E-state index in [2.05, 4.69) is 0 Å². The summed E-state index contributed by atoms with van der Waals surface area (Å²) in [4.78, 5) is 49.3. The molecule has 150 valence electrons. The van der Waals surface area contributed by atoms with Crippen molar-refractivity contribution >= 4 is 23.2 Å². The van der Waals surface area contributed by atoms with Crippen LogP contribution in [0.25, 0.3) is 0 Å². The first kappa shape index (κ1) is 19.7. The van der Waals surface area contributed by atoms with Crippen LogP contribution in [0.15, 0.2) is 60.7 Å². The van der Waals surface area contributed by atoms with Gasteiger partial charge in [-0.1, -0.05) is 36.4 Å². The summed E-state index contributed by atoms with van der Waals surface area (Å²) in [5, 5.41) is 20.6. The van der Waals surface area contributed by atoms with E-state index in [9.17, 15) is 24.5 Å². The van der Waals surface area contributed by atoms with E-state index in [1.54, 1.807) is 36.4 Å². The van der Waals surface area contributed by atoms with Gasteiger partial charge < -0.3 is 4.74 Å². The van der Waals surface area contributed by atoms with Gasteiger partial charge >= 0.3 is 5.97 Å². The van der Waals surface area contributed by atoms with Gasteiger partial charge in [-0.3, -0.25) is 19.7 Å². The van der Waals surface area contributed by atoms with Crippen molar-refractivity contribution in [3.8, 4) is 6.07 Å². The van der Waals surface area contributed by atoms with E-state index < -0.39 is 39.3 Å². The summed E-state index contributed by atoms with van der Waals surface area (Å²) in [5.74, 6) is -2.22. The minimum Gasteiger partial charge on any atom is -0.457 e. The van der Waals surface area contributed by atoms with Crippen LogP contribution in [-0.2, 0) is 11.3 Å². The molecule has 0 atom stereocenters. The molecule has 8 heteroatoms. The average Bonchev–Trinajstić information content (AvgIpc) is 2.80. The van der Waals surface area contributed by atoms with Crippen molar-refractivity contribution in [2.45, 2.75) is 6.61 Å². The molecule has 0 N–H and O–H groups in total. The topological polar surface area (TPSA) is 127 Å². The Labute approximate surface area is 175 Å². The third-order valence-corrected chi connectivity index (χ3v) is 4.92. The van der Waals surface area contributed by atoms with Gasteiger partial charge in [0.2, 0.25) is 5.78 Å². The minimum atomic E-state index is -1.00. The summed E-state index contributed by atoms with van der Waals surface area (Å²) in [6, 6.07) is 16.6. The highest BCUT2D eigenvalue weighted by molar-refractivity contribution is 6.30. The van der Waals surface area contributed by atoms with E-state index in [1.165, 1.54) is 18.2 Å². The van der Waals surface area contributed by atoms with Crippen LogP contribution in [0.4, 0.5) is 5.69 Å². The summed E-state index contributed by atoms with van der Waals surface area (Å²) < 4.78 is 5.18. The van der Waals surface area contributed by atoms with Crippen molar-refractivity contribution in [3.05, 3.63) is 110 Å². The summed E-state index contributed by atoms with van der Waals surface area (Å²) in [6.45, 7) is -0.186. The maximum absolute atomic E-state index is 13.0. The SMILES string of the molecule is N#Cc1ccc(COC(=O)c2ccc3c(c2[N+](=O)[O-])C(=O)c2ccccc2C3=O)cc1. The summed E-state index contributed by atoms with van der Waals surface area (Å²) in [6.07, 6.45) is 0. The van der Waals surface area contributed by atoms with Crippen molar-refractivity contribution in [1.29, 1.82) is 5.26 Å². The number of rotatable bonds is 4. The number of carbonyl (C=O) groups is 3. The van der Waals surface area contributed by atoms with Gasteiger partial charge in [0.05, 0.1) is 16.6 Å². The number of fused-ring (bicyclic) bond motifs is 2. The number of nitriles is 1. The Kier molecular flexibility index (Phi) is 4.85. The highest BCUT2D eigenvalue weighted by atomic mass is 16.6.